The van der Waals surface area contributed by atoms with Gasteiger partial charge in [0.1, 0.15) is 5.82 Å². The molecule has 0 saturated heterocycles. The van der Waals surface area contributed by atoms with E-state index in [1.165, 1.54) is 19.2 Å². The summed E-state index contributed by atoms with van der Waals surface area (Å²) in [7, 11) is 1.37. The number of amides is 1. The topological polar surface area (TPSA) is 67.8 Å². The first kappa shape index (κ1) is 14.8. The number of hydroxylamine groups is 1. The number of hydrogen-bond acceptors (Lipinski definition) is 4. The van der Waals surface area contributed by atoms with Crippen LogP contribution in [0.4, 0.5) is 4.39 Å². The molecule has 0 spiro atoms. The summed E-state index contributed by atoms with van der Waals surface area (Å²) in [5.41, 5.74) is 2.09. The Morgan fingerprint density at radius 1 is 1.19 bits per heavy atom. The van der Waals surface area contributed by atoms with Crippen LogP contribution >= 0.6 is 0 Å². The first-order valence-corrected chi connectivity index (χ1v) is 6.14. The number of benzene rings is 2. The molecule has 1 amide bonds. The Labute approximate surface area is 120 Å². The average molecular weight is 291 g/mol. The molecule has 1 unspecified atom stereocenters. The smallest absolute Gasteiger partial charge is 0.289 e. The lowest BCUT2D eigenvalue weighted by atomic mass is 10.1. The third-order valence-corrected chi connectivity index (χ3v) is 2.82. The van der Waals surface area contributed by atoms with Crippen molar-refractivity contribution in [1.29, 1.82) is 0 Å². The quantitative estimate of drug-likeness (QED) is 0.656. The lowest BCUT2D eigenvalue weighted by Crippen LogP contribution is -2.30. The molecule has 0 heterocycles. The van der Waals surface area contributed by atoms with Gasteiger partial charge in [0.15, 0.2) is 11.5 Å². The number of rotatable bonds is 5. The fourth-order valence-electron chi connectivity index (χ4n) is 1.83. The molecule has 0 bridgehead atoms. The third kappa shape index (κ3) is 3.49. The summed E-state index contributed by atoms with van der Waals surface area (Å²) in [6, 6.07) is 12.3. The van der Waals surface area contributed by atoms with Gasteiger partial charge < -0.3 is 9.47 Å². The summed E-state index contributed by atoms with van der Waals surface area (Å²) in [5, 5.41) is 8.84. The Kier molecular flexibility index (Phi) is 4.73. The summed E-state index contributed by atoms with van der Waals surface area (Å²) >= 11 is 0. The monoisotopic (exact) mass is 291 g/mol. The fourth-order valence-corrected chi connectivity index (χ4v) is 1.83. The second kappa shape index (κ2) is 6.71. The third-order valence-electron chi connectivity index (χ3n) is 2.82. The molecule has 0 aromatic heterocycles. The maximum Gasteiger partial charge on any atom is 0.289 e. The minimum absolute atomic E-state index is 0.154. The predicted molar refractivity (Wildman–Crippen MR) is 72.7 cm³/mol. The van der Waals surface area contributed by atoms with Crippen molar-refractivity contribution in [2.24, 2.45) is 0 Å². The van der Waals surface area contributed by atoms with Crippen LogP contribution < -0.4 is 15.0 Å². The van der Waals surface area contributed by atoms with Crippen molar-refractivity contribution >= 4 is 5.91 Å². The van der Waals surface area contributed by atoms with Gasteiger partial charge in [0, 0.05) is 11.6 Å². The maximum atomic E-state index is 13.2. The molecule has 1 atom stereocenters. The van der Waals surface area contributed by atoms with Gasteiger partial charge in [-0.25, -0.2) is 9.87 Å². The number of ether oxygens (including phenoxy) is 2. The van der Waals surface area contributed by atoms with Crippen LogP contribution in [0.15, 0.2) is 48.5 Å². The van der Waals surface area contributed by atoms with E-state index < -0.39 is 17.8 Å². The Bertz CT molecular complexity index is 618. The Morgan fingerprint density at radius 2 is 1.90 bits per heavy atom. The minimum atomic E-state index is -1.09. The molecule has 6 heteroatoms. The van der Waals surface area contributed by atoms with Crippen LogP contribution in [0.5, 0.6) is 11.5 Å². The van der Waals surface area contributed by atoms with Gasteiger partial charge >= 0.3 is 0 Å². The lowest BCUT2D eigenvalue weighted by Gasteiger charge is -2.19. The number of nitrogens with one attached hydrogen (secondary N) is 1. The first-order valence-electron chi connectivity index (χ1n) is 6.14. The van der Waals surface area contributed by atoms with Crippen molar-refractivity contribution in [2.45, 2.75) is 6.10 Å². The summed E-state index contributed by atoms with van der Waals surface area (Å²) in [5.74, 6) is -0.882. The summed E-state index contributed by atoms with van der Waals surface area (Å²) in [6.07, 6.45) is -1.09. The van der Waals surface area contributed by atoms with E-state index in [9.17, 15) is 9.18 Å². The fraction of sp³-hybridized carbons (Fsp3) is 0.133. The molecule has 2 aromatic carbocycles. The Morgan fingerprint density at radius 3 is 2.52 bits per heavy atom. The molecule has 0 fully saturated rings. The number of methoxy groups -OCH3 is 1. The van der Waals surface area contributed by atoms with E-state index >= 15 is 0 Å². The van der Waals surface area contributed by atoms with E-state index in [1.54, 1.807) is 35.8 Å². The summed E-state index contributed by atoms with van der Waals surface area (Å²) in [6.45, 7) is 0. The van der Waals surface area contributed by atoms with E-state index in [2.05, 4.69) is 0 Å². The van der Waals surface area contributed by atoms with Gasteiger partial charge in [0.05, 0.1) is 7.11 Å². The molecule has 0 saturated carbocycles. The Hall–Kier alpha value is -2.60. The molecule has 0 radical (unpaired) electrons. The van der Waals surface area contributed by atoms with Gasteiger partial charge in [0.25, 0.3) is 5.91 Å². The number of carbonyl (C=O) groups excluding carboxylic acids is 1. The van der Waals surface area contributed by atoms with Crippen LogP contribution in [-0.2, 0) is 4.79 Å². The van der Waals surface area contributed by atoms with E-state index in [1.807, 2.05) is 0 Å². The zero-order valence-electron chi connectivity index (χ0n) is 11.2. The van der Waals surface area contributed by atoms with Crippen LogP contribution in [0.2, 0.25) is 0 Å². The van der Waals surface area contributed by atoms with Crippen LogP contribution in [0.25, 0.3) is 0 Å². The first-order chi connectivity index (χ1) is 10.2. The largest absolute Gasteiger partial charge is 0.493 e. The van der Waals surface area contributed by atoms with Crippen molar-refractivity contribution in [3.8, 4) is 11.5 Å². The highest BCUT2D eigenvalue weighted by molar-refractivity contribution is 5.81. The van der Waals surface area contributed by atoms with Crippen molar-refractivity contribution in [3.05, 3.63) is 59.9 Å². The van der Waals surface area contributed by atoms with Gasteiger partial charge in [-0.05, 0) is 12.1 Å². The molecule has 0 aliphatic heterocycles. The molecular formula is C15H14FNO4. The number of halogens is 1. The molecule has 110 valence electrons. The summed E-state index contributed by atoms with van der Waals surface area (Å²) in [4.78, 5) is 11.8. The minimum Gasteiger partial charge on any atom is -0.493 e. The molecule has 2 N–H and O–H groups in total. The average Bonchev–Trinajstić information content (AvgIpc) is 2.53. The number of hydrogen-bond donors (Lipinski definition) is 2. The van der Waals surface area contributed by atoms with Crippen LogP contribution in [0.1, 0.15) is 11.7 Å². The highest BCUT2D eigenvalue weighted by Crippen LogP contribution is 2.31. The van der Waals surface area contributed by atoms with E-state index in [4.69, 9.17) is 14.7 Å². The molecule has 5 nitrogen and oxygen atoms in total. The van der Waals surface area contributed by atoms with Gasteiger partial charge in [-0.1, -0.05) is 30.3 Å². The van der Waals surface area contributed by atoms with E-state index in [-0.39, 0.29) is 11.5 Å². The molecule has 0 aliphatic carbocycles. The Balaban J connectivity index is 2.34. The lowest BCUT2D eigenvalue weighted by molar-refractivity contribution is -0.136. The van der Waals surface area contributed by atoms with Crippen molar-refractivity contribution in [2.75, 3.05) is 7.11 Å². The molecular weight excluding hydrogens is 277 g/mol. The van der Waals surface area contributed by atoms with Crippen LogP contribution in [0.3, 0.4) is 0 Å². The van der Waals surface area contributed by atoms with Gasteiger partial charge in [-0.2, -0.15) is 0 Å². The van der Waals surface area contributed by atoms with Crippen molar-refractivity contribution < 1.29 is 23.9 Å². The zero-order valence-corrected chi connectivity index (χ0v) is 11.2. The summed E-state index contributed by atoms with van der Waals surface area (Å²) < 4.78 is 23.7. The van der Waals surface area contributed by atoms with Gasteiger partial charge in [0.2, 0.25) is 6.10 Å². The number of carbonyl (C=O) groups is 1. The van der Waals surface area contributed by atoms with E-state index in [0.717, 1.165) is 6.07 Å². The van der Waals surface area contributed by atoms with Crippen LogP contribution in [-0.4, -0.2) is 18.2 Å². The normalized spacial score (nSPS) is 11.6. The molecule has 21 heavy (non-hydrogen) atoms. The van der Waals surface area contributed by atoms with Gasteiger partial charge in [-0.3, -0.25) is 10.0 Å². The van der Waals surface area contributed by atoms with E-state index in [0.29, 0.717) is 5.56 Å². The SMILES string of the molecule is COc1cc(F)ccc1OC(C(=O)NO)c1ccccc1. The van der Waals surface area contributed by atoms with Crippen molar-refractivity contribution in [1.82, 2.24) is 5.48 Å². The molecule has 2 rings (SSSR count). The molecule has 0 aliphatic rings. The van der Waals surface area contributed by atoms with Gasteiger partial charge in [-0.15, -0.1) is 0 Å². The van der Waals surface area contributed by atoms with Crippen LogP contribution in [0, 0.1) is 5.82 Å². The zero-order chi connectivity index (χ0) is 15.2. The predicted octanol–water partition coefficient (Wildman–Crippen LogP) is 2.46. The molecule has 2 aromatic rings. The standard InChI is InChI=1S/C15H14FNO4/c1-20-13-9-11(16)7-8-12(13)21-14(15(18)17-19)10-5-3-2-4-6-10/h2-9,14,19H,1H3,(H,17,18). The second-order valence-corrected chi connectivity index (χ2v) is 4.18. The maximum absolute atomic E-state index is 13.2. The van der Waals surface area contributed by atoms with Crippen molar-refractivity contribution in [3.63, 3.8) is 0 Å². The second-order valence-electron chi connectivity index (χ2n) is 4.18. The highest BCUT2D eigenvalue weighted by Gasteiger charge is 2.23. The highest BCUT2D eigenvalue weighted by atomic mass is 19.1.